The maximum atomic E-state index is 8.76. The molecule has 1 aliphatic heterocycles. The highest BCUT2D eigenvalue weighted by molar-refractivity contribution is 4.84. The van der Waals surface area contributed by atoms with Gasteiger partial charge in [-0.05, 0) is 25.7 Å². The third-order valence-electron chi connectivity index (χ3n) is 3.43. The van der Waals surface area contributed by atoms with Gasteiger partial charge in [-0.2, -0.15) is 5.26 Å². The highest BCUT2D eigenvalue weighted by atomic mass is 15.3. The van der Waals surface area contributed by atoms with Gasteiger partial charge in [0.2, 0.25) is 0 Å². The number of rotatable bonds is 4. The average Bonchev–Trinajstić information content (AvgIpc) is 3.05. The Morgan fingerprint density at radius 1 is 1.20 bits per heavy atom. The maximum Gasteiger partial charge on any atom is 0.0666 e. The number of nitrogens with zero attached hydrogens (tertiary/aromatic N) is 3. The molecule has 0 bridgehead atoms. The molecule has 2 rings (SSSR count). The molecular weight excluding hydrogens is 186 g/mol. The molecule has 1 heterocycles. The predicted molar refractivity (Wildman–Crippen MR) is 60.4 cm³/mol. The Kier molecular flexibility index (Phi) is 3.61. The second-order valence-corrected chi connectivity index (χ2v) is 5.07. The minimum Gasteiger partial charge on any atom is -0.301 e. The summed E-state index contributed by atoms with van der Waals surface area (Å²) in [6, 6.07) is 2.31. The van der Waals surface area contributed by atoms with Crippen LogP contribution in [0.15, 0.2) is 0 Å². The highest BCUT2D eigenvalue weighted by Gasteiger charge is 2.26. The molecular formula is C12H21N3. The van der Waals surface area contributed by atoms with E-state index in [0.29, 0.717) is 0 Å². The Labute approximate surface area is 92.7 Å². The molecule has 3 heteroatoms. The molecule has 3 nitrogen and oxygen atoms in total. The average molecular weight is 207 g/mol. The zero-order valence-electron chi connectivity index (χ0n) is 9.65. The molecule has 1 atom stereocenters. The van der Waals surface area contributed by atoms with E-state index in [9.17, 15) is 0 Å². The predicted octanol–water partition coefficient (Wildman–Crippen LogP) is 1.17. The fourth-order valence-corrected chi connectivity index (χ4v) is 2.25. The van der Waals surface area contributed by atoms with Crippen LogP contribution in [0.2, 0.25) is 0 Å². The van der Waals surface area contributed by atoms with E-state index in [1.807, 2.05) is 6.92 Å². The lowest BCUT2D eigenvalue weighted by molar-refractivity contribution is 0.122. The maximum absolute atomic E-state index is 8.76. The van der Waals surface area contributed by atoms with E-state index in [-0.39, 0.29) is 5.92 Å². The van der Waals surface area contributed by atoms with Crippen LogP contribution in [-0.2, 0) is 0 Å². The lowest BCUT2D eigenvalue weighted by Crippen LogP contribution is -2.47. The SMILES string of the molecule is CC(C#N)CN1CCN(CC2CC2)CC1. The van der Waals surface area contributed by atoms with Crippen LogP contribution >= 0.6 is 0 Å². The van der Waals surface area contributed by atoms with Crippen LogP contribution in [0.5, 0.6) is 0 Å². The molecule has 15 heavy (non-hydrogen) atoms. The van der Waals surface area contributed by atoms with Gasteiger partial charge in [-0.3, -0.25) is 4.90 Å². The largest absolute Gasteiger partial charge is 0.301 e. The van der Waals surface area contributed by atoms with Gasteiger partial charge in [-0.25, -0.2) is 0 Å². The van der Waals surface area contributed by atoms with Crippen molar-refractivity contribution in [3.8, 4) is 6.07 Å². The van der Waals surface area contributed by atoms with Gasteiger partial charge in [-0.1, -0.05) is 0 Å². The van der Waals surface area contributed by atoms with Crippen LogP contribution < -0.4 is 0 Å². The molecule has 1 saturated heterocycles. The van der Waals surface area contributed by atoms with Gasteiger partial charge >= 0.3 is 0 Å². The Morgan fingerprint density at radius 3 is 2.33 bits per heavy atom. The molecule has 0 spiro atoms. The quantitative estimate of drug-likeness (QED) is 0.693. The summed E-state index contributed by atoms with van der Waals surface area (Å²) in [4.78, 5) is 5.02. The smallest absolute Gasteiger partial charge is 0.0666 e. The summed E-state index contributed by atoms with van der Waals surface area (Å²) >= 11 is 0. The van der Waals surface area contributed by atoms with E-state index in [1.165, 1.54) is 32.5 Å². The molecule has 0 aromatic heterocycles. The number of hydrogen-bond donors (Lipinski definition) is 0. The zero-order chi connectivity index (χ0) is 10.7. The van der Waals surface area contributed by atoms with E-state index in [4.69, 9.17) is 5.26 Å². The second-order valence-electron chi connectivity index (χ2n) is 5.07. The lowest BCUT2D eigenvalue weighted by atomic mass is 10.2. The number of nitriles is 1. The molecule has 1 saturated carbocycles. The van der Waals surface area contributed by atoms with Crippen molar-refractivity contribution in [2.24, 2.45) is 11.8 Å². The molecule has 0 amide bonds. The van der Waals surface area contributed by atoms with Crippen LogP contribution in [0.1, 0.15) is 19.8 Å². The topological polar surface area (TPSA) is 30.3 Å². The summed E-state index contributed by atoms with van der Waals surface area (Å²) in [5.74, 6) is 1.19. The molecule has 0 N–H and O–H groups in total. The van der Waals surface area contributed by atoms with Crippen molar-refractivity contribution >= 4 is 0 Å². The van der Waals surface area contributed by atoms with Gasteiger partial charge in [0.1, 0.15) is 0 Å². The summed E-state index contributed by atoms with van der Waals surface area (Å²) in [7, 11) is 0. The van der Waals surface area contributed by atoms with Gasteiger partial charge in [0, 0.05) is 39.3 Å². The van der Waals surface area contributed by atoms with Crippen LogP contribution in [-0.4, -0.2) is 49.1 Å². The molecule has 2 fully saturated rings. The molecule has 1 aliphatic carbocycles. The standard InChI is InChI=1S/C12H21N3/c1-11(8-13)9-14-4-6-15(7-5-14)10-12-2-3-12/h11-12H,2-7,9-10H2,1H3. The monoisotopic (exact) mass is 207 g/mol. The van der Waals surface area contributed by atoms with Gasteiger partial charge < -0.3 is 4.90 Å². The summed E-state index contributed by atoms with van der Waals surface area (Å²) in [6.07, 6.45) is 2.90. The Morgan fingerprint density at radius 2 is 1.80 bits per heavy atom. The Bertz CT molecular complexity index is 234. The van der Waals surface area contributed by atoms with Crippen molar-refractivity contribution in [1.29, 1.82) is 5.26 Å². The number of hydrogen-bond acceptors (Lipinski definition) is 3. The van der Waals surface area contributed by atoms with Crippen molar-refractivity contribution in [3.63, 3.8) is 0 Å². The molecule has 2 aliphatic rings. The Hall–Kier alpha value is -0.590. The minimum atomic E-state index is 0.181. The number of piperazine rings is 1. The van der Waals surface area contributed by atoms with Crippen molar-refractivity contribution < 1.29 is 0 Å². The third-order valence-corrected chi connectivity index (χ3v) is 3.43. The van der Waals surface area contributed by atoms with E-state index < -0.39 is 0 Å². The molecule has 84 valence electrons. The van der Waals surface area contributed by atoms with Crippen molar-refractivity contribution in [2.45, 2.75) is 19.8 Å². The van der Waals surface area contributed by atoms with E-state index in [0.717, 1.165) is 25.6 Å². The van der Waals surface area contributed by atoms with Crippen molar-refractivity contribution in [3.05, 3.63) is 0 Å². The summed E-state index contributed by atoms with van der Waals surface area (Å²) in [5, 5.41) is 8.76. The fourth-order valence-electron chi connectivity index (χ4n) is 2.25. The molecule has 0 aromatic rings. The Balaban J connectivity index is 1.65. The summed E-state index contributed by atoms with van der Waals surface area (Å²) in [6.45, 7) is 8.99. The second kappa shape index (κ2) is 4.96. The lowest BCUT2D eigenvalue weighted by Gasteiger charge is -2.35. The van der Waals surface area contributed by atoms with Crippen LogP contribution in [0.3, 0.4) is 0 Å². The van der Waals surface area contributed by atoms with Gasteiger partial charge in [0.05, 0.1) is 12.0 Å². The minimum absolute atomic E-state index is 0.181. The van der Waals surface area contributed by atoms with Gasteiger partial charge in [0.15, 0.2) is 0 Å². The summed E-state index contributed by atoms with van der Waals surface area (Å²) < 4.78 is 0. The van der Waals surface area contributed by atoms with E-state index in [2.05, 4.69) is 15.9 Å². The first kappa shape index (κ1) is 10.9. The highest BCUT2D eigenvalue weighted by Crippen LogP contribution is 2.29. The fraction of sp³-hybridized carbons (Fsp3) is 0.917. The van der Waals surface area contributed by atoms with Gasteiger partial charge in [-0.15, -0.1) is 0 Å². The van der Waals surface area contributed by atoms with Gasteiger partial charge in [0.25, 0.3) is 0 Å². The normalized spacial score (nSPS) is 26.1. The first-order valence-electron chi connectivity index (χ1n) is 6.12. The van der Waals surface area contributed by atoms with Crippen LogP contribution in [0.4, 0.5) is 0 Å². The molecule has 0 aromatic carbocycles. The molecule has 0 radical (unpaired) electrons. The van der Waals surface area contributed by atoms with E-state index >= 15 is 0 Å². The zero-order valence-corrected chi connectivity index (χ0v) is 9.65. The first-order chi connectivity index (χ1) is 7.28. The van der Waals surface area contributed by atoms with E-state index in [1.54, 1.807) is 0 Å². The van der Waals surface area contributed by atoms with Crippen LogP contribution in [0.25, 0.3) is 0 Å². The van der Waals surface area contributed by atoms with Crippen molar-refractivity contribution in [2.75, 3.05) is 39.3 Å². The summed E-state index contributed by atoms with van der Waals surface area (Å²) in [5.41, 5.74) is 0. The molecule has 1 unspecified atom stereocenters. The third kappa shape index (κ3) is 3.48. The first-order valence-corrected chi connectivity index (χ1v) is 6.12. The van der Waals surface area contributed by atoms with Crippen molar-refractivity contribution in [1.82, 2.24) is 9.80 Å². The van der Waals surface area contributed by atoms with Crippen LogP contribution in [0, 0.1) is 23.2 Å².